The molecule has 0 aliphatic heterocycles. The maximum Gasteiger partial charge on any atom is 0.126 e. The molecule has 0 spiro atoms. The second-order valence-electron chi connectivity index (χ2n) is 2.27. The molecule has 8 heavy (non-hydrogen) atoms. The van der Waals surface area contributed by atoms with Gasteiger partial charge in [-0.15, -0.1) is 0 Å². The Morgan fingerprint density at radius 1 is 1.62 bits per heavy atom. The van der Waals surface area contributed by atoms with Crippen LogP contribution in [0.15, 0.2) is 0 Å². The highest BCUT2D eigenvalue weighted by atomic mass is 16.5. The zero-order valence-corrected chi connectivity index (χ0v) is 5.13. The van der Waals surface area contributed by atoms with E-state index in [2.05, 4.69) is 0 Å². The smallest absolute Gasteiger partial charge is 0.126 e. The summed E-state index contributed by atoms with van der Waals surface area (Å²) in [6.45, 7) is 2.02. The first-order valence-electron chi connectivity index (χ1n) is 2.79. The second-order valence-corrected chi connectivity index (χ2v) is 2.27. The maximum atomic E-state index is 10.1. The standard InChI is InChI=1S/C6H10O2/c1-4-5(3-7)6(4)8-2/h3-6H,1-2H3/t4-,5+,6-/m0/s1. The summed E-state index contributed by atoms with van der Waals surface area (Å²) in [6.07, 6.45) is 1.19. The van der Waals surface area contributed by atoms with Gasteiger partial charge in [0.05, 0.1) is 6.10 Å². The van der Waals surface area contributed by atoms with Gasteiger partial charge in [0.25, 0.3) is 0 Å². The lowest BCUT2D eigenvalue weighted by atomic mass is 10.4. The van der Waals surface area contributed by atoms with Crippen molar-refractivity contribution >= 4 is 6.29 Å². The van der Waals surface area contributed by atoms with Crippen LogP contribution in [-0.4, -0.2) is 19.5 Å². The van der Waals surface area contributed by atoms with E-state index < -0.39 is 0 Å². The fraction of sp³-hybridized carbons (Fsp3) is 0.833. The summed E-state index contributed by atoms with van der Waals surface area (Å²) in [5.74, 6) is 0.637. The van der Waals surface area contributed by atoms with Crippen molar-refractivity contribution in [1.82, 2.24) is 0 Å². The van der Waals surface area contributed by atoms with Crippen molar-refractivity contribution in [1.29, 1.82) is 0 Å². The van der Waals surface area contributed by atoms with Gasteiger partial charge in [-0.3, -0.25) is 0 Å². The van der Waals surface area contributed by atoms with Gasteiger partial charge in [-0.1, -0.05) is 6.92 Å². The van der Waals surface area contributed by atoms with Gasteiger partial charge in [-0.25, -0.2) is 0 Å². The van der Waals surface area contributed by atoms with Crippen LogP contribution in [0.4, 0.5) is 0 Å². The van der Waals surface area contributed by atoms with Gasteiger partial charge in [0.15, 0.2) is 0 Å². The average Bonchev–Trinajstić information content (AvgIpc) is 2.40. The second kappa shape index (κ2) is 1.86. The van der Waals surface area contributed by atoms with E-state index in [0.29, 0.717) is 5.92 Å². The van der Waals surface area contributed by atoms with Crippen molar-refractivity contribution in [3.63, 3.8) is 0 Å². The Hall–Kier alpha value is -0.370. The zero-order valence-electron chi connectivity index (χ0n) is 5.13. The van der Waals surface area contributed by atoms with Gasteiger partial charge in [0.1, 0.15) is 6.29 Å². The van der Waals surface area contributed by atoms with E-state index in [4.69, 9.17) is 4.74 Å². The first-order chi connectivity index (χ1) is 3.81. The zero-order chi connectivity index (χ0) is 6.15. The fourth-order valence-corrected chi connectivity index (χ4v) is 1.03. The van der Waals surface area contributed by atoms with Crippen LogP contribution in [0.5, 0.6) is 0 Å². The van der Waals surface area contributed by atoms with Gasteiger partial charge < -0.3 is 9.53 Å². The number of hydrogen-bond acceptors (Lipinski definition) is 2. The van der Waals surface area contributed by atoms with Crippen molar-refractivity contribution in [2.24, 2.45) is 11.8 Å². The van der Waals surface area contributed by atoms with Crippen molar-refractivity contribution in [2.75, 3.05) is 7.11 Å². The van der Waals surface area contributed by atoms with Gasteiger partial charge in [-0.05, 0) is 5.92 Å². The molecule has 0 N–H and O–H groups in total. The molecule has 2 heteroatoms. The third kappa shape index (κ3) is 0.650. The van der Waals surface area contributed by atoms with E-state index >= 15 is 0 Å². The number of carbonyl (C=O) groups excluding carboxylic acids is 1. The Labute approximate surface area is 48.8 Å². The summed E-state index contributed by atoms with van der Waals surface area (Å²) in [5.41, 5.74) is 0. The van der Waals surface area contributed by atoms with E-state index in [9.17, 15) is 4.79 Å². The predicted molar refractivity (Wildman–Crippen MR) is 29.5 cm³/mol. The molecule has 1 fully saturated rings. The van der Waals surface area contributed by atoms with Crippen molar-refractivity contribution in [3.8, 4) is 0 Å². The number of ether oxygens (including phenoxy) is 1. The Morgan fingerprint density at radius 3 is 2.38 bits per heavy atom. The third-order valence-corrected chi connectivity index (χ3v) is 1.79. The molecule has 0 aromatic carbocycles. The lowest BCUT2D eigenvalue weighted by Crippen LogP contribution is -1.90. The summed E-state index contributed by atoms with van der Waals surface area (Å²) in [6, 6.07) is 0. The molecule has 0 aromatic heterocycles. The summed E-state index contributed by atoms with van der Waals surface area (Å²) in [5, 5.41) is 0. The van der Waals surface area contributed by atoms with Crippen LogP contribution in [0.3, 0.4) is 0 Å². The van der Waals surface area contributed by atoms with Crippen molar-refractivity contribution in [2.45, 2.75) is 13.0 Å². The summed E-state index contributed by atoms with van der Waals surface area (Å²) in [7, 11) is 1.64. The Bertz CT molecular complexity index is 101. The number of aldehydes is 1. The van der Waals surface area contributed by atoms with E-state index in [1.165, 1.54) is 0 Å². The predicted octanol–water partition coefficient (Wildman–Crippen LogP) is 0.466. The average molecular weight is 114 g/mol. The molecule has 0 bridgehead atoms. The van der Waals surface area contributed by atoms with Crippen LogP contribution in [0.25, 0.3) is 0 Å². The highest BCUT2D eigenvalue weighted by Gasteiger charge is 2.46. The Morgan fingerprint density at radius 2 is 2.25 bits per heavy atom. The molecule has 1 saturated carbocycles. The first kappa shape index (κ1) is 5.76. The fourth-order valence-electron chi connectivity index (χ4n) is 1.03. The third-order valence-electron chi connectivity index (χ3n) is 1.79. The molecule has 0 aromatic rings. The van der Waals surface area contributed by atoms with Gasteiger partial charge in [-0.2, -0.15) is 0 Å². The SMILES string of the molecule is CO[C@H]1[C@@H](C)[C@H]1C=O. The van der Waals surface area contributed by atoms with Crippen LogP contribution in [-0.2, 0) is 9.53 Å². The van der Waals surface area contributed by atoms with Gasteiger partial charge >= 0.3 is 0 Å². The molecule has 1 rings (SSSR count). The normalized spacial score (nSPS) is 44.0. The molecule has 0 unspecified atom stereocenters. The summed E-state index contributed by atoms with van der Waals surface area (Å²) < 4.78 is 4.95. The molecule has 0 amide bonds. The topological polar surface area (TPSA) is 26.3 Å². The Balaban J connectivity index is 2.33. The number of hydrogen-bond donors (Lipinski definition) is 0. The van der Waals surface area contributed by atoms with Crippen LogP contribution in [0.2, 0.25) is 0 Å². The molecular weight excluding hydrogens is 104 g/mol. The minimum Gasteiger partial charge on any atom is -0.380 e. The number of carbonyl (C=O) groups is 1. The lowest BCUT2D eigenvalue weighted by Gasteiger charge is -1.86. The van der Waals surface area contributed by atoms with E-state index in [-0.39, 0.29) is 12.0 Å². The van der Waals surface area contributed by atoms with Crippen molar-refractivity contribution < 1.29 is 9.53 Å². The van der Waals surface area contributed by atoms with Gasteiger partial charge in [0.2, 0.25) is 0 Å². The monoisotopic (exact) mass is 114 g/mol. The lowest BCUT2D eigenvalue weighted by molar-refractivity contribution is -0.109. The Kier molecular flexibility index (Phi) is 1.34. The van der Waals surface area contributed by atoms with Crippen LogP contribution in [0.1, 0.15) is 6.92 Å². The van der Waals surface area contributed by atoms with E-state index in [1.54, 1.807) is 7.11 Å². The quantitative estimate of drug-likeness (QED) is 0.488. The van der Waals surface area contributed by atoms with Crippen LogP contribution in [0, 0.1) is 11.8 Å². The molecule has 3 atom stereocenters. The molecule has 0 heterocycles. The summed E-state index contributed by atoms with van der Waals surface area (Å²) in [4.78, 5) is 10.1. The van der Waals surface area contributed by atoms with Gasteiger partial charge in [0, 0.05) is 13.0 Å². The summed E-state index contributed by atoms with van der Waals surface area (Å²) >= 11 is 0. The van der Waals surface area contributed by atoms with E-state index in [0.717, 1.165) is 6.29 Å². The number of methoxy groups -OCH3 is 1. The molecule has 0 saturated heterocycles. The highest BCUT2D eigenvalue weighted by Crippen LogP contribution is 2.38. The molecule has 1 aliphatic carbocycles. The molecule has 2 nitrogen and oxygen atoms in total. The molecular formula is C6H10O2. The molecule has 46 valence electrons. The van der Waals surface area contributed by atoms with Crippen LogP contribution >= 0.6 is 0 Å². The molecule has 1 aliphatic rings. The first-order valence-corrected chi connectivity index (χ1v) is 2.79. The maximum absolute atomic E-state index is 10.1. The highest BCUT2D eigenvalue weighted by molar-refractivity contribution is 5.60. The van der Waals surface area contributed by atoms with Crippen molar-refractivity contribution in [3.05, 3.63) is 0 Å². The number of rotatable bonds is 2. The van der Waals surface area contributed by atoms with Crippen LogP contribution < -0.4 is 0 Å². The minimum atomic E-state index is 0.181. The van der Waals surface area contributed by atoms with E-state index in [1.807, 2.05) is 6.92 Å². The largest absolute Gasteiger partial charge is 0.380 e. The minimum absolute atomic E-state index is 0.181. The molecule has 0 radical (unpaired) electrons.